The van der Waals surface area contributed by atoms with E-state index in [0.717, 1.165) is 37.9 Å². The smallest absolute Gasteiger partial charge is 0.336 e. The number of benzene rings is 2. The van der Waals surface area contributed by atoms with E-state index in [4.69, 9.17) is 4.74 Å². The Morgan fingerprint density at radius 3 is 2.47 bits per heavy atom. The molecule has 6 heteroatoms. The average Bonchev–Trinajstić information content (AvgIpc) is 3.56. The quantitative estimate of drug-likeness (QED) is 0.636. The van der Waals surface area contributed by atoms with Crippen LogP contribution >= 0.6 is 0 Å². The summed E-state index contributed by atoms with van der Waals surface area (Å²) in [5, 5.41) is 22.5. The van der Waals surface area contributed by atoms with Crippen LogP contribution in [0.3, 0.4) is 0 Å². The average molecular weight is 407 g/mol. The van der Waals surface area contributed by atoms with E-state index >= 15 is 0 Å². The van der Waals surface area contributed by atoms with Crippen molar-refractivity contribution in [3.05, 3.63) is 58.7 Å². The van der Waals surface area contributed by atoms with Gasteiger partial charge in [-0.3, -0.25) is 0 Å². The van der Waals surface area contributed by atoms with Crippen LogP contribution in [0.15, 0.2) is 36.4 Å². The summed E-state index contributed by atoms with van der Waals surface area (Å²) >= 11 is 0. The van der Waals surface area contributed by atoms with Crippen molar-refractivity contribution in [3.63, 3.8) is 0 Å². The third-order valence-electron chi connectivity index (χ3n) is 5.70. The number of nitrogens with one attached hydrogen (secondary N) is 1. The molecule has 1 fully saturated rings. The lowest BCUT2D eigenvalue weighted by atomic mass is 9.90. The Kier molecular flexibility index (Phi) is 5.59. The number of carboxylic acid groups (broad SMARTS) is 2. The highest BCUT2D eigenvalue weighted by Gasteiger charge is 2.24. The molecule has 0 atom stereocenters. The first-order chi connectivity index (χ1) is 14.4. The van der Waals surface area contributed by atoms with Gasteiger partial charge in [0.25, 0.3) is 0 Å². The number of carboxylic acids is 2. The maximum atomic E-state index is 12.0. The Morgan fingerprint density at radius 2 is 1.83 bits per heavy atom. The molecule has 0 bridgehead atoms. The highest BCUT2D eigenvalue weighted by Crippen LogP contribution is 2.38. The summed E-state index contributed by atoms with van der Waals surface area (Å²) in [7, 11) is 0. The van der Waals surface area contributed by atoms with Crippen LogP contribution in [0.4, 0.5) is 0 Å². The molecule has 0 radical (unpaired) electrons. The standard InChI is InChI=1S/C24H25NO5/c1-14-10-19(21(24(28)29)12-18(14)23(26)27)20-11-17(16-6-8-25-9-7-16)4-5-22(20)30-13-15-2-3-15/h4-6,10-12,15,25H,2-3,7-9,13H2,1H3,(H,26,27)(H,28,29). The molecule has 0 amide bonds. The van der Waals surface area contributed by atoms with Crippen LogP contribution in [-0.4, -0.2) is 41.8 Å². The van der Waals surface area contributed by atoms with Gasteiger partial charge in [0, 0.05) is 17.7 Å². The Labute approximate surface area is 175 Å². The molecule has 2 aromatic rings. The lowest BCUT2D eigenvalue weighted by Gasteiger charge is -2.19. The molecule has 1 heterocycles. The molecule has 0 aromatic heterocycles. The van der Waals surface area contributed by atoms with E-state index < -0.39 is 11.9 Å². The third kappa shape index (κ3) is 4.24. The minimum Gasteiger partial charge on any atom is -0.493 e. The zero-order chi connectivity index (χ0) is 21.3. The fraction of sp³-hybridized carbons (Fsp3) is 0.333. The second-order valence-corrected chi connectivity index (χ2v) is 7.97. The van der Waals surface area contributed by atoms with Crippen LogP contribution in [0.2, 0.25) is 0 Å². The molecule has 30 heavy (non-hydrogen) atoms. The lowest BCUT2D eigenvalue weighted by molar-refractivity contribution is 0.0695. The predicted octanol–water partition coefficient (Wildman–Crippen LogP) is 4.22. The number of rotatable bonds is 7. The van der Waals surface area contributed by atoms with Crippen molar-refractivity contribution in [2.75, 3.05) is 19.7 Å². The summed E-state index contributed by atoms with van der Waals surface area (Å²) in [5.41, 5.74) is 3.87. The topological polar surface area (TPSA) is 95.9 Å². The highest BCUT2D eigenvalue weighted by molar-refractivity contribution is 6.01. The SMILES string of the molecule is Cc1cc(-c2cc(C3=CCNCC3)ccc2OCC2CC2)c(C(=O)O)cc1C(=O)O. The first kappa shape index (κ1) is 20.2. The fourth-order valence-electron chi connectivity index (χ4n) is 3.78. The van der Waals surface area contributed by atoms with Crippen LogP contribution < -0.4 is 10.1 Å². The number of aromatic carboxylic acids is 2. The van der Waals surface area contributed by atoms with Crippen LogP contribution in [0.5, 0.6) is 5.75 Å². The molecule has 0 unspecified atom stereocenters. The van der Waals surface area contributed by atoms with Crippen molar-refractivity contribution in [3.8, 4) is 16.9 Å². The van der Waals surface area contributed by atoms with Crippen molar-refractivity contribution >= 4 is 17.5 Å². The van der Waals surface area contributed by atoms with Gasteiger partial charge in [-0.1, -0.05) is 12.1 Å². The molecule has 2 aliphatic rings. The second kappa shape index (κ2) is 8.32. The molecule has 4 rings (SSSR count). The van der Waals surface area contributed by atoms with E-state index in [1.54, 1.807) is 13.0 Å². The van der Waals surface area contributed by atoms with E-state index in [-0.39, 0.29) is 11.1 Å². The van der Waals surface area contributed by atoms with Crippen molar-refractivity contribution in [2.45, 2.75) is 26.2 Å². The Morgan fingerprint density at radius 1 is 1.07 bits per heavy atom. The number of carbonyl (C=O) groups is 2. The van der Waals surface area contributed by atoms with Gasteiger partial charge in [0.2, 0.25) is 0 Å². The monoisotopic (exact) mass is 407 g/mol. The molecule has 2 aromatic carbocycles. The zero-order valence-electron chi connectivity index (χ0n) is 16.9. The summed E-state index contributed by atoms with van der Waals surface area (Å²) < 4.78 is 6.07. The maximum Gasteiger partial charge on any atom is 0.336 e. The Bertz CT molecular complexity index is 1040. The zero-order valence-corrected chi connectivity index (χ0v) is 16.9. The number of ether oxygens (including phenoxy) is 1. The predicted molar refractivity (Wildman–Crippen MR) is 114 cm³/mol. The molecule has 0 spiro atoms. The number of hydrogen-bond acceptors (Lipinski definition) is 4. The normalized spacial score (nSPS) is 16.1. The molecule has 156 valence electrons. The first-order valence-electron chi connectivity index (χ1n) is 10.2. The van der Waals surface area contributed by atoms with E-state index in [1.807, 2.05) is 18.2 Å². The Hall–Kier alpha value is -3.12. The largest absolute Gasteiger partial charge is 0.493 e. The number of hydrogen-bond donors (Lipinski definition) is 3. The molecular formula is C24H25NO5. The molecule has 6 nitrogen and oxygen atoms in total. The molecular weight excluding hydrogens is 382 g/mol. The second-order valence-electron chi connectivity index (χ2n) is 7.97. The highest BCUT2D eigenvalue weighted by atomic mass is 16.5. The molecule has 1 saturated carbocycles. The van der Waals surface area contributed by atoms with E-state index in [0.29, 0.717) is 35.0 Å². The summed E-state index contributed by atoms with van der Waals surface area (Å²) in [6.07, 6.45) is 5.34. The van der Waals surface area contributed by atoms with Gasteiger partial charge in [0.15, 0.2) is 0 Å². The molecule has 1 aliphatic heterocycles. The molecule has 0 saturated heterocycles. The van der Waals surface area contributed by atoms with Crippen molar-refractivity contribution in [2.24, 2.45) is 5.92 Å². The fourth-order valence-corrected chi connectivity index (χ4v) is 3.78. The van der Waals surface area contributed by atoms with Crippen LogP contribution in [0.1, 0.15) is 51.1 Å². The minimum absolute atomic E-state index is 0.00573. The van der Waals surface area contributed by atoms with E-state index in [1.165, 1.54) is 11.6 Å². The van der Waals surface area contributed by atoms with E-state index in [2.05, 4.69) is 11.4 Å². The van der Waals surface area contributed by atoms with Gasteiger partial charge >= 0.3 is 11.9 Å². The number of aryl methyl sites for hydroxylation is 1. The first-order valence-corrected chi connectivity index (χ1v) is 10.2. The van der Waals surface area contributed by atoms with Gasteiger partial charge in [-0.2, -0.15) is 0 Å². The molecule has 3 N–H and O–H groups in total. The third-order valence-corrected chi connectivity index (χ3v) is 5.70. The minimum atomic E-state index is -1.16. The van der Waals surface area contributed by atoms with E-state index in [9.17, 15) is 19.8 Å². The van der Waals surface area contributed by atoms with Gasteiger partial charge < -0.3 is 20.3 Å². The van der Waals surface area contributed by atoms with Gasteiger partial charge in [-0.15, -0.1) is 0 Å². The summed E-state index contributed by atoms with van der Waals surface area (Å²) in [5.74, 6) is -1.11. The van der Waals surface area contributed by atoms with Crippen LogP contribution in [0.25, 0.3) is 16.7 Å². The maximum absolute atomic E-state index is 12.0. The van der Waals surface area contributed by atoms with Gasteiger partial charge in [0.1, 0.15) is 5.75 Å². The van der Waals surface area contributed by atoms with Crippen molar-refractivity contribution in [1.29, 1.82) is 0 Å². The summed E-state index contributed by atoms with van der Waals surface area (Å²) in [6, 6.07) is 8.79. The van der Waals surface area contributed by atoms with Crippen molar-refractivity contribution < 1.29 is 24.5 Å². The van der Waals surface area contributed by atoms with Crippen molar-refractivity contribution in [1.82, 2.24) is 5.32 Å². The Balaban J connectivity index is 1.85. The summed E-state index contributed by atoms with van der Waals surface area (Å²) in [6.45, 7) is 3.99. The summed E-state index contributed by atoms with van der Waals surface area (Å²) in [4.78, 5) is 23.5. The lowest BCUT2D eigenvalue weighted by Crippen LogP contribution is -2.20. The van der Waals surface area contributed by atoms with Crippen LogP contribution in [0, 0.1) is 12.8 Å². The van der Waals surface area contributed by atoms with Gasteiger partial charge in [0.05, 0.1) is 17.7 Å². The van der Waals surface area contributed by atoms with Crippen LogP contribution in [-0.2, 0) is 0 Å². The van der Waals surface area contributed by atoms with Gasteiger partial charge in [-0.05, 0) is 79.6 Å². The molecule has 1 aliphatic carbocycles. The van der Waals surface area contributed by atoms with Gasteiger partial charge in [-0.25, -0.2) is 9.59 Å².